The molecule has 3 aromatic carbocycles. The van der Waals surface area contributed by atoms with Crippen LogP contribution >= 0.6 is 11.8 Å². The third-order valence-corrected chi connectivity index (χ3v) is 8.77. The topological polar surface area (TPSA) is 61.9 Å². The predicted octanol–water partition coefficient (Wildman–Crippen LogP) is 7.84. The van der Waals surface area contributed by atoms with E-state index in [0.717, 1.165) is 47.7 Å². The zero-order valence-corrected chi connectivity index (χ0v) is 24.3. The fraction of sp³-hybridized carbons (Fsp3) is 0.303. The van der Waals surface area contributed by atoms with Crippen molar-refractivity contribution < 1.29 is 22.4 Å². The number of nitrogens with zero attached hydrogens (tertiary/aromatic N) is 4. The number of imidazole rings is 1. The first-order chi connectivity index (χ1) is 20.6. The molecule has 2 heterocycles. The number of amides is 1. The van der Waals surface area contributed by atoms with Crippen molar-refractivity contribution in [3.63, 3.8) is 0 Å². The Hall–Kier alpha value is -4.10. The molecule has 5 rings (SSSR count). The number of carbonyl (C=O) groups excluding carboxylic acids is 1. The van der Waals surface area contributed by atoms with Crippen LogP contribution in [0.1, 0.15) is 48.3 Å². The third kappa shape index (κ3) is 7.11. The molecule has 1 aliphatic heterocycles. The Kier molecular flexibility index (Phi) is 9.21. The minimum atomic E-state index is -4.87. The lowest BCUT2D eigenvalue weighted by atomic mass is 10.00. The molecule has 0 N–H and O–H groups in total. The molecule has 1 fully saturated rings. The lowest BCUT2D eigenvalue weighted by Gasteiger charge is -2.34. The minimum absolute atomic E-state index is 0.0931. The minimum Gasteiger partial charge on any atom is -0.332 e. The van der Waals surface area contributed by atoms with Gasteiger partial charge in [-0.3, -0.25) is 4.79 Å². The largest absolute Gasteiger partial charge is 0.419 e. The fourth-order valence-electron chi connectivity index (χ4n) is 5.34. The first-order valence-corrected chi connectivity index (χ1v) is 15.2. The van der Waals surface area contributed by atoms with Crippen molar-refractivity contribution in [1.29, 1.82) is 5.26 Å². The SMILES string of the molecule is C[C@H](c1nc(-c2ccccc2)cn1-c1ccc(C#N)cc1)N(CC1CCSCC1)C(=O)Cc1ccc(F)c(C(F)(F)F)c1. The number of alkyl halides is 3. The normalized spacial score (nSPS) is 14.7. The molecular weight excluding hydrogens is 576 g/mol. The maximum atomic E-state index is 14.0. The Bertz CT molecular complexity index is 1610. The number of carbonyl (C=O) groups is 1. The Balaban J connectivity index is 1.54. The van der Waals surface area contributed by atoms with Crippen LogP contribution in [0.15, 0.2) is 79.0 Å². The highest BCUT2D eigenvalue weighted by Crippen LogP contribution is 2.34. The van der Waals surface area contributed by atoms with Crippen LogP contribution < -0.4 is 0 Å². The van der Waals surface area contributed by atoms with Gasteiger partial charge in [-0.05, 0) is 79.2 Å². The van der Waals surface area contributed by atoms with Crippen molar-refractivity contribution in [2.45, 2.75) is 38.4 Å². The van der Waals surface area contributed by atoms with Gasteiger partial charge in [-0.25, -0.2) is 9.37 Å². The first-order valence-electron chi connectivity index (χ1n) is 14.0. The van der Waals surface area contributed by atoms with E-state index in [1.54, 1.807) is 17.0 Å². The molecule has 0 aliphatic carbocycles. The van der Waals surface area contributed by atoms with Crippen molar-refractivity contribution in [3.8, 4) is 23.0 Å². The van der Waals surface area contributed by atoms with Gasteiger partial charge in [-0.1, -0.05) is 36.4 Å². The van der Waals surface area contributed by atoms with Crippen molar-refractivity contribution in [2.24, 2.45) is 5.92 Å². The van der Waals surface area contributed by atoms with E-state index in [9.17, 15) is 27.6 Å². The zero-order valence-electron chi connectivity index (χ0n) is 23.5. The van der Waals surface area contributed by atoms with Crippen LogP contribution in [0, 0.1) is 23.1 Å². The second kappa shape index (κ2) is 13.0. The van der Waals surface area contributed by atoms with Gasteiger partial charge in [0.2, 0.25) is 5.91 Å². The van der Waals surface area contributed by atoms with Gasteiger partial charge in [0.1, 0.15) is 11.6 Å². The van der Waals surface area contributed by atoms with Crippen molar-refractivity contribution in [3.05, 3.63) is 107 Å². The Morgan fingerprint density at radius 1 is 1.09 bits per heavy atom. The molecule has 222 valence electrons. The van der Waals surface area contributed by atoms with Crippen molar-refractivity contribution in [1.82, 2.24) is 14.5 Å². The summed E-state index contributed by atoms with van der Waals surface area (Å²) in [6.07, 6.45) is -1.43. The lowest BCUT2D eigenvalue weighted by molar-refractivity contribution is -0.140. The van der Waals surface area contributed by atoms with Crippen LogP contribution in [0.25, 0.3) is 16.9 Å². The number of rotatable bonds is 8. The highest BCUT2D eigenvalue weighted by molar-refractivity contribution is 7.99. The van der Waals surface area contributed by atoms with Gasteiger partial charge < -0.3 is 9.47 Å². The number of halogens is 4. The average molecular weight is 607 g/mol. The summed E-state index contributed by atoms with van der Waals surface area (Å²) >= 11 is 1.87. The molecule has 0 saturated carbocycles. The molecule has 1 aromatic heterocycles. The molecule has 1 atom stereocenters. The van der Waals surface area contributed by atoms with E-state index in [0.29, 0.717) is 23.6 Å². The monoisotopic (exact) mass is 606 g/mol. The summed E-state index contributed by atoms with van der Waals surface area (Å²) < 4.78 is 56.1. The van der Waals surface area contributed by atoms with E-state index in [2.05, 4.69) is 6.07 Å². The van der Waals surface area contributed by atoms with Gasteiger partial charge in [-0.2, -0.15) is 30.2 Å². The third-order valence-electron chi connectivity index (χ3n) is 7.73. The van der Waals surface area contributed by atoms with Gasteiger partial charge in [-0.15, -0.1) is 0 Å². The Morgan fingerprint density at radius 3 is 2.44 bits per heavy atom. The molecule has 1 amide bonds. The van der Waals surface area contributed by atoms with Crippen molar-refractivity contribution >= 4 is 17.7 Å². The van der Waals surface area contributed by atoms with Gasteiger partial charge in [0.25, 0.3) is 0 Å². The summed E-state index contributed by atoms with van der Waals surface area (Å²) in [5.41, 5.74) is 1.55. The molecule has 43 heavy (non-hydrogen) atoms. The number of thioether (sulfide) groups is 1. The summed E-state index contributed by atoms with van der Waals surface area (Å²) in [6.45, 7) is 2.30. The lowest BCUT2D eigenvalue weighted by Crippen LogP contribution is -2.40. The smallest absolute Gasteiger partial charge is 0.332 e. The standard InChI is InChI=1S/C33H30F4N4OS/c1-22(32-39-30(26-5-3-2-4-6-26)21-41(32)27-10-7-23(19-38)8-11-27)40(20-24-13-15-43-16-14-24)31(42)18-25-9-12-29(34)28(17-25)33(35,36)37/h2-12,17,21-22,24H,13-16,18,20H2,1H3/t22-/m1/s1. The quantitative estimate of drug-likeness (QED) is 0.192. The molecule has 1 saturated heterocycles. The van der Waals surface area contributed by atoms with E-state index in [-0.39, 0.29) is 23.8 Å². The number of hydrogen-bond donors (Lipinski definition) is 0. The van der Waals surface area contributed by atoms with Crippen molar-refractivity contribution in [2.75, 3.05) is 18.1 Å². The van der Waals surface area contributed by atoms with Crippen LogP contribution in [-0.4, -0.2) is 38.4 Å². The van der Waals surface area contributed by atoms with E-state index in [1.165, 1.54) is 6.07 Å². The molecule has 1 aliphatic rings. The van der Waals surface area contributed by atoms with E-state index >= 15 is 0 Å². The molecular formula is C33H30F4N4OS. The summed E-state index contributed by atoms with van der Waals surface area (Å²) in [5, 5.41) is 9.28. The first kappa shape index (κ1) is 30.4. The number of benzene rings is 3. The average Bonchev–Trinajstić information content (AvgIpc) is 3.46. The molecule has 0 radical (unpaired) electrons. The fourth-order valence-corrected chi connectivity index (χ4v) is 6.54. The summed E-state index contributed by atoms with van der Waals surface area (Å²) in [7, 11) is 0. The van der Waals surface area contributed by atoms with Crippen LogP contribution in [-0.2, 0) is 17.4 Å². The molecule has 10 heteroatoms. The Labute approximate surface area is 252 Å². The van der Waals surface area contributed by atoms with Crippen LogP contribution in [0.5, 0.6) is 0 Å². The van der Waals surface area contributed by atoms with E-state index in [1.807, 2.05) is 71.9 Å². The van der Waals surface area contributed by atoms with Crippen LogP contribution in [0.4, 0.5) is 17.6 Å². The summed E-state index contributed by atoms with van der Waals surface area (Å²) in [4.78, 5) is 20.6. The molecule has 0 bridgehead atoms. The van der Waals surface area contributed by atoms with Gasteiger partial charge in [0, 0.05) is 24.0 Å². The Morgan fingerprint density at radius 2 is 1.79 bits per heavy atom. The van der Waals surface area contributed by atoms with Crippen LogP contribution in [0.3, 0.4) is 0 Å². The summed E-state index contributed by atoms with van der Waals surface area (Å²) in [6, 6.07) is 20.9. The second-order valence-corrected chi connectivity index (χ2v) is 11.9. The summed E-state index contributed by atoms with van der Waals surface area (Å²) in [5.74, 6) is 1.04. The molecule has 5 nitrogen and oxygen atoms in total. The highest BCUT2D eigenvalue weighted by Gasteiger charge is 2.35. The van der Waals surface area contributed by atoms with Crippen LogP contribution in [0.2, 0.25) is 0 Å². The maximum absolute atomic E-state index is 14.0. The highest BCUT2D eigenvalue weighted by atomic mass is 32.2. The zero-order chi connectivity index (χ0) is 30.6. The number of nitriles is 1. The number of hydrogen-bond acceptors (Lipinski definition) is 4. The van der Waals surface area contributed by atoms with Gasteiger partial charge >= 0.3 is 6.18 Å². The van der Waals surface area contributed by atoms with Gasteiger partial charge in [0.05, 0.1) is 35.4 Å². The molecule has 0 unspecified atom stereocenters. The van der Waals surface area contributed by atoms with E-state index < -0.39 is 23.6 Å². The predicted molar refractivity (Wildman–Crippen MR) is 159 cm³/mol. The second-order valence-electron chi connectivity index (χ2n) is 10.6. The molecule has 0 spiro atoms. The number of aromatic nitrogens is 2. The van der Waals surface area contributed by atoms with E-state index in [4.69, 9.17) is 4.98 Å². The molecule has 4 aromatic rings. The maximum Gasteiger partial charge on any atom is 0.419 e. The van der Waals surface area contributed by atoms with Gasteiger partial charge in [0.15, 0.2) is 0 Å².